The first kappa shape index (κ1) is 26.8. The molecule has 0 spiro atoms. The summed E-state index contributed by atoms with van der Waals surface area (Å²) in [4.78, 5) is 17.1. The lowest BCUT2D eigenvalue weighted by Gasteiger charge is -2.33. The summed E-state index contributed by atoms with van der Waals surface area (Å²) in [5.74, 6) is 1.42. The lowest BCUT2D eigenvalue weighted by molar-refractivity contribution is -0.111. The number of benzene rings is 4. The molecular weight excluding hydrogens is 500 g/mol. The van der Waals surface area contributed by atoms with E-state index in [-0.39, 0.29) is 5.78 Å². The van der Waals surface area contributed by atoms with Crippen LogP contribution in [0.15, 0.2) is 102 Å². The number of hydrogen-bond donors (Lipinski definition) is 0. The first-order valence-corrected chi connectivity index (χ1v) is 13.2. The van der Waals surface area contributed by atoms with Gasteiger partial charge in [0.25, 0.3) is 0 Å². The average Bonchev–Trinajstić information content (AvgIpc) is 3.38. The average molecular weight is 535 g/mol. The Morgan fingerprint density at radius 1 is 0.875 bits per heavy atom. The highest BCUT2D eigenvalue weighted by atomic mass is 16.5. The quantitative estimate of drug-likeness (QED) is 0.242. The monoisotopic (exact) mass is 534 g/mol. The zero-order valence-corrected chi connectivity index (χ0v) is 23.5. The van der Waals surface area contributed by atoms with Crippen molar-refractivity contribution in [1.82, 2.24) is 0 Å². The molecule has 1 unspecified atom stereocenters. The fraction of sp³-hybridized carbons (Fsp3) is 0.212. The number of ether oxygens (including phenoxy) is 2. The molecule has 40 heavy (non-hydrogen) atoms. The van der Waals surface area contributed by atoms with Crippen LogP contribution in [0.3, 0.4) is 0 Å². The molecule has 0 saturated carbocycles. The molecule has 0 N–H and O–H groups in total. The van der Waals surface area contributed by atoms with Crippen LogP contribution in [0.5, 0.6) is 11.5 Å². The van der Waals surface area contributed by atoms with Crippen molar-refractivity contribution in [2.75, 3.05) is 36.0 Å². The van der Waals surface area contributed by atoms with E-state index in [2.05, 4.69) is 31.2 Å². The van der Waals surface area contributed by atoms with Gasteiger partial charge in [0.05, 0.1) is 12.8 Å². The Morgan fingerprint density at radius 2 is 1.57 bits per heavy atom. The molecule has 1 heterocycles. The smallest absolute Gasteiger partial charge is 0.198 e. The Morgan fingerprint density at radius 3 is 2.20 bits per heavy atom. The van der Waals surface area contributed by atoms with Gasteiger partial charge in [0.2, 0.25) is 0 Å². The predicted molar refractivity (Wildman–Crippen MR) is 162 cm³/mol. The molecule has 1 atom stereocenters. The highest BCUT2D eigenvalue weighted by Crippen LogP contribution is 2.45. The number of hydrogen-bond acceptors (Lipinski definition) is 7. The minimum Gasteiger partial charge on any atom is -0.493 e. The molecule has 1 aliphatic heterocycles. The number of carbonyl (C=O) groups excluding carboxylic acids is 1. The van der Waals surface area contributed by atoms with Gasteiger partial charge < -0.3 is 14.4 Å². The molecule has 0 aliphatic carbocycles. The van der Waals surface area contributed by atoms with Gasteiger partial charge in [-0.15, -0.1) is 5.10 Å². The number of methoxy groups -OCH3 is 1. The summed E-state index contributed by atoms with van der Waals surface area (Å²) in [6.45, 7) is 3.98. The molecule has 0 amide bonds. The molecule has 0 fully saturated rings. The van der Waals surface area contributed by atoms with Gasteiger partial charge >= 0.3 is 0 Å². The zero-order chi connectivity index (χ0) is 28.2. The van der Waals surface area contributed by atoms with E-state index in [1.807, 2.05) is 102 Å². The fourth-order valence-corrected chi connectivity index (χ4v) is 4.79. The van der Waals surface area contributed by atoms with Crippen molar-refractivity contribution < 1.29 is 14.3 Å². The number of Topliss-reactive ketones (excluding diaryl/α,β-unsaturated/α-hetero) is 1. The summed E-state index contributed by atoms with van der Waals surface area (Å²) in [6, 6.07) is 32.1. The number of aryl methyl sites for hydroxylation is 1. The second-order valence-electron chi connectivity index (χ2n) is 9.97. The van der Waals surface area contributed by atoms with E-state index in [4.69, 9.17) is 14.6 Å². The number of rotatable bonds is 9. The molecule has 204 valence electrons. The van der Waals surface area contributed by atoms with Crippen LogP contribution in [0.1, 0.15) is 29.8 Å². The van der Waals surface area contributed by atoms with Crippen LogP contribution in [-0.2, 0) is 11.4 Å². The van der Waals surface area contributed by atoms with Gasteiger partial charge in [0.1, 0.15) is 6.61 Å². The van der Waals surface area contributed by atoms with Crippen LogP contribution in [0.2, 0.25) is 0 Å². The number of nitrogens with zero attached hydrogens (tertiary/aromatic N) is 4. The summed E-state index contributed by atoms with van der Waals surface area (Å²) in [7, 11) is 5.64. The van der Waals surface area contributed by atoms with Crippen molar-refractivity contribution in [1.29, 1.82) is 0 Å². The van der Waals surface area contributed by atoms with Crippen molar-refractivity contribution in [2.24, 2.45) is 5.10 Å². The molecule has 7 heteroatoms. The summed E-state index contributed by atoms with van der Waals surface area (Å²) in [6.07, 6.45) is -0.505. The normalized spacial score (nSPS) is 14.6. The van der Waals surface area contributed by atoms with E-state index >= 15 is 0 Å². The minimum atomic E-state index is -0.505. The number of amidine groups is 1. The first-order chi connectivity index (χ1) is 19.4. The molecular formula is C33H34N4O3. The van der Waals surface area contributed by atoms with E-state index in [1.54, 1.807) is 14.0 Å². The van der Waals surface area contributed by atoms with Crippen molar-refractivity contribution >= 4 is 28.7 Å². The van der Waals surface area contributed by atoms with Gasteiger partial charge in [-0.05, 0) is 55.0 Å². The van der Waals surface area contributed by atoms with Crippen molar-refractivity contribution in [3.05, 3.63) is 114 Å². The van der Waals surface area contributed by atoms with E-state index in [0.717, 1.165) is 28.2 Å². The summed E-state index contributed by atoms with van der Waals surface area (Å²) >= 11 is 0. The summed E-state index contributed by atoms with van der Waals surface area (Å²) in [5, 5.41) is 6.75. The lowest BCUT2D eigenvalue weighted by Crippen LogP contribution is -2.38. The molecule has 1 aliphatic rings. The van der Waals surface area contributed by atoms with Crippen LogP contribution in [0.25, 0.3) is 0 Å². The highest BCUT2D eigenvalue weighted by Gasteiger charge is 2.41. The second-order valence-corrected chi connectivity index (χ2v) is 9.97. The number of hydrazone groups is 1. The Kier molecular flexibility index (Phi) is 7.73. The van der Waals surface area contributed by atoms with Crippen LogP contribution < -0.4 is 24.3 Å². The van der Waals surface area contributed by atoms with Crippen molar-refractivity contribution in [3.8, 4) is 11.5 Å². The largest absolute Gasteiger partial charge is 0.493 e. The summed E-state index contributed by atoms with van der Waals surface area (Å²) in [5.41, 5.74) is 5.82. The maximum absolute atomic E-state index is 13.0. The van der Waals surface area contributed by atoms with Gasteiger partial charge in [-0.2, -0.15) is 0 Å². The standard InChI is InChI=1S/C33H34N4O3/c1-23-14-16-25(17-15-23)22-40-31-29(12-9-13-30(31)39-5)33-36(27-20-18-26(19-21-27)35(3)4)32(24(2)38)34-37(33)28-10-7-6-8-11-28/h6-21,33H,22H2,1-5H3. The Labute approximate surface area is 235 Å². The molecule has 0 bridgehead atoms. The van der Waals surface area contributed by atoms with Crippen LogP contribution in [0, 0.1) is 6.92 Å². The molecule has 0 aromatic heterocycles. The molecule has 7 nitrogen and oxygen atoms in total. The van der Waals surface area contributed by atoms with Gasteiger partial charge in [0.15, 0.2) is 29.3 Å². The fourth-order valence-electron chi connectivity index (χ4n) is 4.79. The lowest BCUT2D eigenvalue weighted by atomic mass is 10.1. The second kappa shape index (κ2) is 11.5. The topological polar surface area (TPSA) is 57.6 Å². The van der Waals surface area contributed by atoms with E-state index < -0.39 is 6.17 Å². The third-order valence-corrected chi connectivity index (χ3v) is 6.90. The number of ketones is 1. The maximum Gasteiger partial charge on any atom is 0.198 e. The number of carbonyl (C=O) groups is 1. The van der Waals surface area contributed by atoms with Crippen LogP contribution >= 0.6 is 0 Å². The Bertz CT molecular complexity index is 1500. The summed E-state index contributed by atoms with van der Waals surface area (Å²) < 4.78 is 12.3. The molecule has 0 saturated heterocycles. The van der Waals surface area contributed by atoms with E-state index in [9.17, 15) is 4.79 Å². The Balaban J connectivity index is 1.65. The van der Waals surface area contributed by atoms with E-state index in [1.165, 1.54) is 5.56 Å². The van der Waals surface area contributed by atoms with Crippen molar-refractivity contribution in [2.45, 2.75) is 26.6 Å². The Hall–Kier alpha value is -4.78. The van der Waals surface area contributed by atoms with Gasteiger partial charge in [-0.1, -0.05) is 60.2 Å². The molecule has 4 aromatic carbocycles. The SMILES string of the molecule is COc1cccc(C2N(c3ccccc3)N=C(C(C)=O)N2c2ccc(N(C)C)cc2)c1OCc1ccc(C)cc1. The van der Waals surface area contributed by atoms with Crippen molar-refractivity contribution in [3.63, 3.8) is 0 Å². The van der Waals surface area contributed by atoms with Gasteiger partial charge in [0, 0.05) is 38.0 Å². The zero-order valence-electron chi connectivity index (χ0n) is 23.5. The van der Waals surface area contributed by atoms with Gasteiger partial charge in [-0.25, -0.2) is 5.01 Å². The minimum absolute atomic E-state index is 0.134. The first-order valence-electron chi connectivity index (χ1n) is 13.2. The van der Waals surface area contributed by atoms with Gasteiger partial charge in [-0.3, -0.25) is 9.69 Å². The molecule has 5 rings (SSSR count). The number of para-hydroxylation sites is 2. The van der Waals surface area contributed by atoms with E-state index in [0.29, 0.717) is 23.9 Å². The number of anilines is 3. The highest BCUT2D eigenvalue weighted by molar-refractivity contribution is 6.44. The van der Waals surface area contributed by atoms with Crippen LogP contribution in [0.4, 0.5) is 17.1 Å². The van der Waals surface area contributed by atoms with Crippen LogP contribution in [-0.4, -0.2) is 32.8 Å². The predicted octanol–water partition coefficient (Wildman–Crippen LogP) is 6.58. The molecule has 4 aromatic rings. The maximum atomic E-state index is 13.0. The third-order valence-electron chi connectivity index (χ3n) is 6.90. The molecule has 0 radical (unpaired) electrons. The third kappa shape index (κ3) is 5.36.